The molecule has 0 fully saturated rings. The molecule has 0 saturated carbocycles. The van der Waals surface area contributed by atoms with E-state index in [0.717, 1.165) is 6.42 Å². The fourth-order valence-corrected chi connectivity index (χ4v) is 2.44. The number of aryl methyl sites for hydroxylation is 1. The first-order chi connectivity index (χ1) is 9.47. The van der Waals surface area contributed by atoms with Crippen molar-refractivity contribution in [3.05, 3.63) is 69.6 Å². The zero-order chi connectivity index (χ0) is 14.7. The van der Waals surface area contributed by atoms with Crippen molar-refractivity contribution in [2.45, 2.75) is 46.1 Å². The number of benzene rings is 1. The number of pyridine rings is 1. The molecule has 0 aliphatic heterocycles. The van der Waals surface area contributed by atoms with Gasteiger partial charge >= 0.3 is 0 Å². The van der Waals surface area contributed by atoms with Crippen LogP contribution in [0, 0.1) is 6.92 Å². The molecule has 0 aliphatic rings. The topological polar surface area (TPSA) is 22.0 Å². The Morgan fingerprint density at radius 1 is 1.00 bits per heavy atom. The number of rotatable bonds is 4. The molecule has 0 spiro atoms. The van der Waals surface area contributed by atoms with E-state index in [4.69, 9.17) is 0 Å². The van der Waals surface area contributed by atoms with Crippen LogP contribution < -0.4 is 5.56 Å². The maximum atomic E-state index is 11.8. The molecule has 2 nitrogen and oxygen atoms in total. The van der Waals surface area contributed by atoms with Crippen molar-refractivity contribution in [1.82, 2.24) is 4.57 Å². The third-order valence-corrected chi connectivity index (χ3v) is 3.74. The first-order valence-corrected chi connectivity index (χ1v) is 7.25. The van der Waals surface area contributed by atoms with Crippen molar-refractivity contribution < 1.29 is 0 Å². The maximum absolute atomic E-state index is 11.8. The molecular weight excluding hydrogens is 246 g/mol. The minimum atomic E-state index is 0.0757. The zero-order valence-corrected chi connectivity index (χ0v) is 12.8. The SMILES string of the molecule is Cc1ccc(C(C)Cc2ccc(=O)n(C(C)C)c2)cc1. The molecule has 106 valence electrons. The lowest BCUT2D eigenvalue weighted by Gasteiger charge is -2.15. The van der Waals surface area contributed by atoms with Crippen LogP contribution in [-0.4, -0.2) is 4.57 Å². The summed E-state index contributed by atoms with van der Waals surface area (Å²) in [6.45, 7) is 8.41. The van der Waals surface area contributed by atoms with E-state index in [1.165, 1.54) is 16.7 Å². The quantitative estimate of drug-likeness (QED) is 0.819. The van der Waals surface area contributed by atoms with Gasteiger partial charge in [0.15, 0.2) is 0 Å². The maximum Gasteiger partial charge on any atom is 0.250 e. The Morgan fingerprint density at radius 3 is 2.25 bits per heavy atom. The van der Waals surface area contributed by atoms with Crippen LogP contribution in [0.2, 0.25) is 0 Å². The predicted molar refractivity (Wildman–Crippen MR) is 84.4 cm³/mol. The second-order valence-electron chi connectivity index (χ2n) is 5.89. The van der Waals surface area contributed by atoms with E-state index < -0.39 is 0 Å². The Bertz CT molecular complexity index is 623. The molecule has 1 unspecified atom stereocenters. The van der Waals surface area contributed by atoms with Gasteiger partial charge < -0.3 is 4.57 Å². The number of nitrogens with zero attached hydrogens (tertiary/aromatic N) is 1. The van der Waals surface area contributed by atoms with Gasteiger partial charge in [-0.2, -0.15) is 0 Å². The highest BCUT2D eigenvalue weighted by Crippen LogP contribution is 2.20. The van der Waals surface area contributed by atoms with Gasteiger partial charge in [-0.3, -0.25) is 4.79 Å². The molecule has 0 saturated heterocycles. The second kappa shape index (κ2) is 6.08. The van der Waals surface area contributed by atoms with Crippen LogP contribution in [0.25, 0.3) is 0 Å². The van der Waals surface area contributed by atoms with E-state index in [1.54, 1.807) is 10.6 Å². The molecular formula is C18H23NO. The number of hydrogen-bond acceptors (Lipinski definition) is 1. The van der Waals surface area contributed by atoms with Crippen LogP contribution in [0.1, 0.15) is 49.4 Å². The fourth-order valence-electron chi connectivity index (χ4n) is 2.44. The van der Waals surface area contributed by atoms with Gasteiger partial charge in [0, 0.05) is 18.3 Å². The van der Waals surface area contributed by atoms with Gasteiger partial charge in [0.05, 0.1) is 0 Å². The lowest BCUT2D eigenvalue weighted by molar-refractivity contribution is 0.572. The van der Waals surface area contributed by atoms with Gasteiger partial charge in [0.2, 0.25) is 0 Å². The molecule has 0 N–H and O–H groups in total. The highest BCUT2D eigenvalue weighted by molar-refractivity contribution is 5.26. The van der Waals surface area contributed by atoms with Crippen LogP contribution in [0.15, 0.2) is 47.4 Å². The summed E-state index contributed by atoms with van der Waals surface area (Å²) in [6.07, 6.45) is 2.95. The minimum Gasteiger partial charge on any atom is -0.313 e. The molecule has 0 amide bonds. The normalized spacial score (nSPS) is 12.7. The van der Waals surface area contributed by atoms with Crippen LogP contribution in [0.4, 0.5) is 0 Å². The predicted octanol–water partition coefficient (Wildman–Crippen LogP) is 4.08. The summed E-state index contributed by atoms with van der Waals surface area (Å²) in [5.41, 5.74) is 3.92. The molecule has 2 heteroatoms. The van der Waals surface area contributed by atoms with E-state index in [2.05, 4.69) is 38.1 Å². The summed E-state index contributed by atoms with van der Waals surface area (Å²) in [4.78, 5) is 11.8. The highest BCUT2D eigenvalue weighted by Gasteiger charge is 2.08. The molecule has 1 heterocycles. The Hall–Kier alpha value is -1.83. The lowest BCUT2D eigenvalue weighted by atomic mass is 9.94. The monoisotopic (exact) mass is 269 g/mol. The Labute approximate surface area is 121 Å². The third kappa shape index (κ3) is 3.38. The summed E-state index contributed by atoms with van der Waals surface area (Å²) in [6, 6.07) is 12.5. The van der Waals surface area contributed by atoms with E-state index in [-0.39, 0.29) is 11.6 Å². The summed E-state index contributed by atoms with van der Waals surface area (Å²) in [7, 11) is 0. The van der Waals surface area contributed by atoms with Crippen molar-refractivity contribution in [1.29, 1.82) is 0 Å². The Balaban J connectivity index is 2.19. The summed E-state index contributed by atoms with van der Waals surface area (Å²) in [5.74, 6) is 0.453. The summed E-state index contributed by atoms with van der Waals surface area (Å²) >= 11 is 0. The summed E-state index contributed by atoms with van der Waals surface area (Å²) in [5, 5.41) is 0. The van der Waals surface area contributed by atoms with Crippen molar-refractivity contribution in [3.8, 4) is 0 Å². The van der Waals surface area contributed by atoms with Crippen LogP contribution in [-0.2, 0) is 6.42 Å². The van der Waals surface area contributed by atoms with Crippen LogP contribution in [0.5, 0.6) is 0 Å². The summed E-state index contributed by atoms with van der Waals surface area (Å²) < 4.78 is 1.80. The van der Waals surface area contributed by atoms with Gasteiger partial charge in [0.25, 0.3) is 5.56 Å². The number of aromatic nitrogens is 1. The standard InChI is InChI=1S/C18H23NO/c1-13(2)19-12-16(7-10-18(19)20)11-15(4)17-8-5-14(3)6-9-17/h5-10,12-13,15H,11H2,1-4H3. The van der Waals surface area contributed by atoms with Crippen LogP contribution >= 0.6 is 0 Å². The largest absolute Gasteiger partial charge is 0.313 e. The Morgan fingerprint density at radius 2 is 1.65 bits per heavy atom. The average Bonchev–Trinajstić information content (AvgIpc) is 2.41. The number of hydrogen-bond donors (Lipinski definition) is 0. The first-order valence-electron chi connectivity index (χ1n) is 7.25. The van der Waals surface area contributed by atoms with Gasteiger partial charge in [-0.1, -0.05) is 42.8 Å². The molecule has 1 aromatic heterocycles. The third-order valence-electron chi connectivity index (χ3n) is 3.74. The first kappa shape index (κ1) is 14.6. The molecule has 0 bridgehead atoms. The van der Waals surface area contributed by atoms with Gasteiger partial charge in [-0.15, -0.1) is 0 Å². The van der Waals surface area contributed by atoms with Crippen molar-refractivity contribution in [2.75, 3.05) is 0 Å². The van der Waals surface area contributed by atoms with Gasteiger partial charge in [-0.25, -0.2) is 0 Å². The van der Waals surface area contributed by atoms with E-state index in [1.807, 2.05) is 26.1 Å². The van der Waals surface area contributed by atoms with E-state index >= 15 is 0 Å². The van der Waals surface area contributed by atoms with Crippen LogP contribution in [0.3, 0.4) is 0 Å². The van der Waals surface area contributed by atoms with E-state index in [9.17, 15) is 4.79 Å². The highest BCUT2D eigenvalue weighted by atomic mass is 16.1. The van der Waals surface area contributed by atoms with E-state index in [0.29, 0.717) is 5.92 Å². The fraction of sp³-hybridized carbons (Fsp3) is 0.389. The van der Waals surface area contributed by atoms with Gasteiger partial charge in [0.1, 0.15) is 0 Å². The molecule has 1 atom stereocenters. The molecule has 1 aromatic carbocycles. The second-order valence-corrected chi connectivity index (χ2v) is 5.89. The van der Waals surface area contributed by atoms with Crippen molar-refractivity contribution >= 4 is 0 Å². The molecule has 20 heavy (non-hydrogen) atoms. The van der Waals surface area contributed by atoms with Crippen molar-refractivity contribution in [3.63, 3.8) is 0 Å². The van der Waals surface area contributed by atoms with Crippen molar-refractivity contribution in [2.24, 2.45) is 0 Å². The molecule has 2 rings (SSSR count). The lowest BCUT2D eigenvalue weighted by Crippen LogP contribution is -2.21. The molecule has 2 aromatic rings. The molecule has 0 radical (unpaired) electrons. The Kier molecular flexibility index (Phi) is 4.43. The van der Waals surface area contributed by atoms with Gasteiger partial charge in [-0.05, 0) is 44.2 Å². The smallest absolute Gasteiger partial charge is 0.250 e. The average molecular weight is 269 g/mol. The zero-order valence-electron chi connectivity index (χ0n) is 12.8. The minimum absolute atomic E-state index is 0.0757. The molecule has 0 aliphatic carbocycles.